The van der Waals surface area contributed by atoms with E-state index in [9.17, 15) is 9.59 Å². The van der Waals surface area contributed by atoms with Gasteiger partial charge in [0.15, 0.2) is 5.65 Å². The van der Waals surface area contributed by atoms with E-state index < -0.39 is 0 Å². The van der Waals surface area contributed by atoms with Crippen LogP contribution in [-0.2, 0) is 6.54 Å². The molecular weight excluding hydrogens is 384 g/mol. The van der Waals surface area contributed by atoms with Crippen molar-refractivity contribution in [3.63, 3.8) is 0 Å². The first kappa shape index (κ1) is 18.3. The second kappa shape index (κ2) is 6.93. The summed E-state index contributed by atoms with van der Waals surface area (Å²) in [6, 6.07) is 11.4. The minimum Gasteiger partial charge on any atom is -0.329 e. The first-order valence-electron chi connectivity index (χ1n) is 9.95. The largest absolute Gasteiger partial charge is 0.329 e. The molecule has 3 heterocycles. The molecule has 0 radical (unpaired) electrons. The third kappa shape index (κ3) is 2.76. The molecule has 1 aliphatic carbocycles. The second-order valence-corrected chi connectivity index (χ2v) is 8.85. The molecule has 1 saturated carbocycles. The van der Waals surface area contributed by atoms with Crippen molar-refractivity contribution in [2.45, 2.75) is 38.6 Å². The molecule has 0 amide bonds. The maximum atomic E-state index is 13.7. The molecule has 0 atom stereocenters. The van der Waals surface area contributed by atoms with Gasteiger partial charge in [0.25, 0.3) is 5.56 Å². The van der Waals surface area contributed by atoms with Crippen molar-refractivity contribution in [1.82, 2.24) is 14.1 Å². The molecule has 0 aliphatic heterocycles. The summed E-state index contributed by atoms with van der Waals surface area (Å²) in [5, 5.41) is 0.721. The van der Waals surface area contributed by atoms with Crippen molar-refractivity contribution in [2.75, 3.05) is 6.54 Å². The summed E-state index contributed by atoms with van der Waals surface area (Å²) in [6.07, 6.45) is 3.14. The minimum atomic E-state index is -0.287. The third-order valence-electron chi connectivity index (χ3n) is 5.74. The van der Waals surface area contributed by atoms with Gasteiger partial charge in [-0.1, -0.05) is 24.6 Å². The zero-order chi connectivity index (χ0) is 20.1. The van der Waals surface area contributed by atoms with Crippen LogP contribution in [0, 0.1) is 6.92 Å². The van der Waals surface area contributed by atoms with Gasteiger partial charge in [-0.15, -0.1) is 11.3 Å². The molecular formula is C22H22N4O2S. The normalized spacial score (nSPS) is 14.6. The van der Waals surface area contributed by atoms with E-state index in [0.29, 0.717) is 24.1 Å². The third-order valence-corrected chi connectivity index (χ3v) is 6.81. The Bertz CT molecular complexity index is 1350. The summed E-state index contributed by atoms with van der Waals surface area (Å²) in [4.78, 5) is 33.9. The number of hydrogen-bond acceptors (Lipinski definition) is 5. The van der Waals surface area contributed by atoms with E-state index in [4.69, 9.17) is 10.7 Å². The molecule has 0 unspecified atom stereocenters. The molecule has 148 valence electrons. The van der Waals surface area contributed by atoms with Crippen LogP contribution in [0.2, 0.25) is 0 Å². The van der Waals surface area contributed by atoms with E-state index in [0.717, 1.165) is 40.5 Å². The van der Waals surface area contributed by atoms with Crippen molar-refractivity contribution in [3.05, 3.63) is 67.7 Å². The van der Waals surface area contributed by atoms with Crippen LogP contribution in [-0.4, -0.2) is 20.7 Å². The average molecular weight is 407 g/mol. The fourth-order valence-electron chi connectivity index (χ4n) is 4.12. The van der Waals surface area contributed by atoms with Gasteiger partial charge in [0.1, 0.15) is 16.0 Å². The Labute approximate surface area is 171 Å². The molecule has 6 nitrogen and oxygen atoms in total. The number of para-hydroxylation sites is 1. The maximum Gasteiger partial charge on any atom is 0.271 e. The molecule has 2 N–H and O–H groups in total. The molecule has 0 saturated heterocycles. The van der Waals surface area contributed by atoms with Crippen LogP contribution in [0.3, 0.4) is 0 Å². The minimum absolute atomic E-state index is 0.149. The monoisotopic (exact) mass is 406 g/mol. The number of aryl methyl sites for hydroxylation is 1. The number of thiophene rings is 1. The lowest BCUT2D eigenvalue weighted by Crippen LogP contribution is -2.32. The predicted octanol–water partition coefficient (Wildman–Crippen LogP) is 3.30. The van der Waals surface area contributed by atoms with Crippen LogP contribution in [0.1, 0.15) is 35.9 Å². The van der Waals surface area contributed by atoms with Gasteiger partial charge in [-0.3, -0.25) is 14.2 Å². The van der Waals surface area contributed by atoms with Crippen LogP contribution in [0.15, 0.2) is 46.0 Å². The number of aromatic nitrogens is 3. The lowest BCUT2D eigenvalue weighted by Gasteiger charge is -2.28. The van der Waals surface area contributed by atoms with Crippen LogP contribution >= 0.6 is 11.3 Å². The standard InChI is InChI=1S/C22H22N4O2S/c1-13-12-16-18(27)17-20(25(11-10-23)22(16)29-13)24-19(14-6-5-7-14)26(21(17)28)15-8-3-2-4-9-15/h2-4,8-9,12,14H,5-7,10-11,23H2,1H3. The Balaban J connectivity index is 1.97. The highest BCUT2D eigenvalue weighted by Crippen LogP contribution is 2.36. The molecule has 0 spiro atoms. The van der Waals surface area contributed by atoms with E-state index in [2.05, 4.69) is 0 Å². The molecule has 4 aromatic rings. The first-order chi connectivity index (χ1) is 14.1. The van der Waals surface area contributed by atoms with E-state index >= 15 is 0 Å². The Morgan fingerprint density at radius 3 is 2.62 bits per heavy atom. The summed E-state index contributed by atoms with van der Waals surface area (Å²) in [7, 11) is 0. The van der Waals surface area contributed by atoms with Crippen molar-refractivity contribution in [3.8, 4) is 5.69 Å². The zero-order valence-electron chi connectivity index (χ0n) is 16.2. The van der Waals surface area contributed by atoms with Gasteiger partial charge in [-0.2, -0.15) is 0 Å². The van der Waals surface area contributed by atoms with Gasteiger partial charge < -0.3 is 10.3 Å². The van der Waals surface area contributed by atoms with Crippen molar-refractivity contribution < 1.29 is 0 Å². The first-order valence-corrected chi connectivity index (χ1v) is 10.8. The zero-order valence-corrected chi connectivity index (χ0v) is 17.0. The maximum absolute atomic E-state index is 13.7. The average Bonchev–Trinajstić information content (AvgIpc) is 3.06. The summed E-state index contributed by atoms with van der Waals surface area (Å²) in [5.41, 5.74) is 6.56. The number of hydrogen-bond donors (Lipinski definition) is 1. The number of rotatable bonds is 4. The molecule has 1 fully saturated rings. The lowest BCUT2D eigenvalue weighted by molar-refractivity contribution is 0.394. The second-order valence-electron chi connectivity index (χ2n) is 7.62. The quantitative estimate of drug-likeness (QED) is 0.564. The van der Waals surface area contributed by atoms with Crippen LogP contribution < -0.4 is 16.7 Å². The summed E-state index contributed by atoms with van der Waals surface area (Å²) < 4.78 is 3.61. The fourth-order valence-corrected chi connectivity index (χ4v) is 5.15. The highest BCUT2D eigenvalue weighted by molar-refractivity contribution is 7.18. The molecule has 0 bridgehead atoms. The predicted molar refractivity (Wildman–Crippen MR) is 117 cm³/mol. The molecule has 3 aromatic heterocycles. The summed E-state index contributed by atoms with van der Waals surface area (Å²) >= 11 is 1.55. The molecule has 7 heteroatoms. The van der Waals surface area contributed by atoms with E-state index in [-0.39, 0.29) is 22.3 Å². The number of fused-ring (bicyclic) bond motifs is 2. The number of nitrogens with zero attached hydrogens (tertiary/aromatic N) is 3. The topological polar surface area (TPSA) is 82.9 Å². The van der Waals surface area contributed by atoms with E-state index in [1.54, 1.807) is 15.9 Å². The molecule has 1 aromatic carbocycles. The lowest BCUT2D eigenvalue weighted by atomic mass is 9.84. The summed E-state index contributed by atoms with van der Waals surface area (Å²) in [5.74, 6) is 0.979. The number of pyridine rings is 1. The van der Waals surface area contributed by atoms with Crippen LogP contribution in [0.25, 0.3) is 26.9 Å². The number of nitrogens with two attached hydrogens (primary N) is 1. The highest BCUT2D eigenvalue weighted by Gasteiger charge is 2.28. The SMILES string of the molecule is Cc1cc2c(=O)c3c(=O)n(-c4ccccc4)c(C4CCC4)nc3n(CCN)c2s1. The van der Waals surface area contributed by atoms with Crippen molar-refractivity contribution in [1.29, 1.82) is 0 Å². The Morgan fingerprint density at radius 1 is 1.21 bits per heavy atom. The van der Waals surface area contributed by atoms with Gasteiger partial charge >= 0.3 is 0 Å². The Morgan fingerprint density at radius 2 is 1.97 bits per heavy atom. The fraction of sp³-hybridized carbons (Fsp3) is 0.318. The highest BCUT2D eigenvalue weighted by atomic mass is 32.1. The van der Waals surface area contributed by atoms with Gasteiger partial charge in [0.05, 0.1) is 11.1 Å². The van der Waals surface area contributed by atoms with E-state index in [1.165, 1.54) is 0 Å². The summed E-state index contributed by atoms with van der Waals surface area (Å²) in [6.45, 7) is 2.89. The van der Waals surface area contributed by atoms with Gasteiger partial charge in [0, 0.05) is 23.9 Å². The Kier molecular flexibility index (Phi) is 4.37. The molecule has 1 aliphatic rings. The Hall–Kier alpha value is -2.77. The van der Waals surface area contributed by atoms with Gasteiger partial charge in [-0.05, 0) is 38.0 Å². The van der Waals surface area contributed by atoms with E-state index in [1.807, 2.05) is 47.9 Å². The van der Waals surface area contributed by atoms with Gasteiger partial charge in [0.2, 0.25) is 5.43 Å². The van der Waals surface area contributed by atoms with Crippen LogP contribution in [0.5, 0.6) is 0 Å². The number of benzene rings is 1. The molecule has 29 heavy (non-hydrogen) atoms. The van der Waals surface area contributed by atoms with Crippen LogP contribution in [0.4, 0.5) is 0 Å². The van der Waals surface area contributed by atoms with Gasteiger partial charge in [-0.25, -0.2) is 4.98 Å². The van der Waals surface area contributed by atoms with Crippen molar-refractivity contribution in [2.24, 2.45) is 5.73 Å². The van der Waals surface area contributed by atoms with Crippen molar-refractivity contribution >= 4 is 32.6 Å². The smallest absolute Gasteiger partial charge is 0.271 e. The molecule has 5 rings (SSSR count).